The van der Waals surface area contributed by atoms with Gasteiger partial charge in [-0.2, -0.15) is 0 Å². The maximum atomic E-state index is 13.0. The van der Waals surface area contributed by atoms with Crippen molar-refractivity contribution in [2.45, 2.75) is 31.6 Å². The van der Waals surface area contributed by atoms with E-state index in [1.807, 2.05) is 32.9 Å². The molecule has 9 heteroatoms. The lowest BCUT2D eigenvalue weighted by molar-refractivity contribution is 0.102. The molecule has 3 rings (SSSR count). The van der Waals surface area contributed by atoms with E-state index in [1.165, 1.54) is 34.8 Å². The normalized spacial score (nSPS) is 11.5. The van der Waals surface area contributed by atoms with Gasteiger partial charge in [0.15, 0.2) is 0 Å². The van der Waals surface area contributed by atoms with E-state index in [-0.39, 0.29) is 16.4 Å². The zero-order valence-corrected chi connectivity index (χ0v) is 18.2. The molecule has 0 saturated heterocycles. The Balaban J connectivity index is 1.83. The summed E-state index contributed by atoms with van der Waals surface area (Å²) in [5.74, 6) is -0.226. The Morgan fingerprint density at radius 1 is 1.10 bits per heavy atom. The molecule has 1 heterocycles. The Bertz CT molecular complexity index is 1120. The van der Waals surface area contributed by atoms with Crippen molar-refractivity contribution in [3.63, 3.8) is 0 Å². The highest BCUT2D eigenvalue weighted by atomic mass is 32.2. The number of hydrogen-bond acceptors (Lipinski definition) is 6. The molecule has 0 fully saturated rings. The zero-order chi connectivity index (χ0) is 21.2. The van der Waals surface area contributed by atoms with Crippen LogP contribution in [0.25, 0.3) is 0 Å². The first-order valence-electron chi connectivity index (χ1n) is 8.99. The third kappa shape index (κ3) is 4.63. The number of sulfonamides is 1. The fourth-order valence-electron chi connectivity index (χ4n) is 2.54. The Morgan fingerprint density at radius 3 is 2.41 bits per heavy atom. The molecule has 29 heavy (non-hydrogen) atoms. The van der Waals surface area contributed by atoms with Crippen molar-refractivity contribution in [3.8, 4) is 0 Å². The van der Waals surface area contributed by atoms with E-state index < -0.39 is 15.9 Å². The number of carbonyl (C=O) groups is 1. The van der Waals surface area contributed by atoms with Crippen LogP contribution in [0.2, 0.25) is 0 Å². The number of hydrogen-bond donors (Lipinski definition) is 1. The second-order valence-electron chi connectivity index (χ2n) is 6.89. The molecular formula is C20H22N4O3S2. The summed E-state index contributed by atoms with van der Waals surface area (Å²) in [6.07, 6.45) is 0. The molecule has 0 saturated carbocycles. The minimum absolute atomic E-state index is 0.0355. The van der Waals surface area contributed by atoms with E-state index in [0.29, 0.717) is 10.8 Å². The fourth-order valence-corrected chi connectivity index (χ4v) is 4.52. The zero-order valence-electron chi connectivity index (χ0n) is 16.6. The van der Waals surface area contributed by atoms with E-state index in [0.717, 1.165) is 10.6 Å². The second-order valence-corrected chi connectivity index (χ2v) is 9.87. The van der Waals surface area contributed by atoms with Crippen molar-refractivity contribution >= 4 is 38.1 Å². The summed E-state index contributed by atoms with van der Waals surface area (Å²) in [6.45, 7) is 5.92. The molecule has 7 nitrogen and oxygen atoms in total. The molecule has 0 bridgehead atoms. The van der Waals surface area contributed by atoms with Crippen molar-refractivity contribution in [3.05, 3.63) is 64.7 Å². The molecule has 1 N–H and O–H groups in total. The van der Waals surface area contributed by atoms with Gasteiger partial charge in [-0.25, -0.2) is 8.42 Å². The number of carbonyl (C=O) groups excluding carboxylic acids is 1. The van der Waals surface area contributed by atoms with Crippen molar-refractivity contribution < 1.29 is 13.2 Å². The molecule has 0 aliphatic carbocycles. The summed E-state index contributed by atoms with van der Waals surface area (Å²) >= 11 is 1.30. The van der Waals surface area contributed by atoms with E-state index in [1.54, 1.807) is 24.3 Å². The maximum absolute atomic E-state index is 13.0. The van der Waals surface area contributed by atoms with Gasteiger partial charge in [-0.05, 0) is 37.3 Å². The van der Waals surface area contributed by atoms with Gasteiger partial charge in [0, 0.05) is 18.5 Å². The highest BCUT2D eigenvalue weighted by Gasteiger charge is 2.23. The lowest BCUT2D eigenvalue weighted by Gasteiger charge is -2.20. The number of anilines is 2. The summed E-state index contributed by atoms with van der Waals surface area (Å²) in [7, 11) is -2.33. The summed E-state index contributed by atoms with van der Waals surface area (Å²) < 4.78 is 27.2. The van der Waals surface area contributed by atoms with Gasteiger partial charge in [0.2, 0.25) is 5.13 Å². The molecule has 1 amide bonds. The van der Waals surface area contributed by atoms with Gasteiger partial charge in [0.05, 0.1) is 10.6 Å². The summed E-state index contributed by atoms with van der Waals surface area (Å²) in [4.78, 5) is 12.6. The van der Waals surface area contributed by atoms with Crippen molar-refractivity contribution in [2.75, 3.05) is 16.7 Å². The molecule has 1 aromatic heterocycles. The molecule has 0 atom stereocenters. The molecule has 0 aliphatic rings. The van der Waals surface area contributed by atoms with Crippen LogP contribution < -0.4 is 9.62 Å². The summed E-state index contributed by atoms with van der Waals surface area (Å²) in [5.41, 5.74) is 1.81. The molecule has 0 radical (unpaired) electrons. The Morgan fingerprint density at radius 2 is 1.79 bits per heavy atom. The first-order chi connectivity index (χ1) is 13.7. The van der Waals surface area contributed by atoms with Crippen LogP contribution >= 0.6 is 11.3 Å². The van der Waals surface area contributed by atoms with Gasteiger partial charge in [-0.3, -0.25) is 14.4 Å². The quantitative estimate of drug-likeness (QED) is 0.637. The van der Waals surface area contributed by atoms with Gasteiger partial charge >= 0.3 is 0 Å². The topological polar surface area (TPSA) is 92.3 Å². The van der Waals surface area contributed by atoms with E-state index in [9.17, 15) is 13.2 Å². The van der Waals surface area contributed by atoms with Crippen molar-refractivity contribution in [1.82, 2.24) is 10.2 Å². The molecule has 152 valence electrons. The average Bonchev–Trinajstić information content (AvgIpc) is 3.17. The molecule has 0 unspecified atom stereocenters. The van der Waals surface area contributed by atoms with Gasteiger partial charge in [-0.15, -0.1) is 10.2 Å². The SMILES string of the molecule is Cc1ccc(N(C)S(=O)(=O)c2cccc(C(=O)Nc3nnc(C(C)C)s3)c2)cc1. The number of nitrogens with zero attached hydrogens (tertiary/aromatic N) is 3. The van der Waals surface area contributed by atoms with Gasteiger partial charge in [0.1, 0.15) is 5.01 Å². The van der Waals surface area contributed by atoms with Crippen LogP contribution in [-0.2, 0) is 10.0 Å². The predicted octanol–water partition coefficient (Wildman–Crippen LogP) is 4.05. The van der Waals surface area contributed by atoms with Gasteiger partial charge in [0.25, 0.3) is 15.9 Å². The first-order valence-corrected chi connectivity index (χ1v) is 11.2. The standard InChI is InChI=1S/C20H22N4O3S2/c1-13(2)19-22-23-20(28-19)21-18(25)15-6-5-7-17(12-15)29(26,27)24(4)16-10-8-14(3)9-11-16/h5-13H,1-4H3,(H,21,23,25). The average molecular weight is 431 g/mol. The van der Waals surface area contributed by atoms with E-state index >= 15 is 0 Å². The van der Waals surface area contributed by atoms with E-state index in [4.69, 9.17) is 0 Å². The van der Waals surface area contributed by atoms with Crippen LogP contribution in [0.5, 0.6) is 0 Å². The van der Waals surface area contributed by atoms with Crippen LogP contribution in [0.3, 0.4) is 0 Å². The van der Waals surface area contributed by atoms with Crippen LogP contribution in [0, 0.1) is 6.92 Å². The summed E-state index contributed by atoms with van der Waals surface area (Å²) in [5, 5.41) is 11.9. The van der Waals surface area contributed by atoms with Crippen molar-refractivity contribution in [1.29, 1.82) is 0 Å². The summed E-state index contributed by atoms with van der Waals surface area (Å²) in [6, 6.07) is 13.1. The number of rotatable bonds is 6. The monoisotopic (exact) mass is 430 g/mol. The third-order valence-electron chi connectivity index (χ3n) is 4.31. The largest absolute Gasteiger partial charge is 0.296 e. The molecule has 3 aromatic rings. The Labute approximate surface area is 174 Å². The lowest BCUT2D eigenvalue weighted by Crippen LogP contribution is -2.26. The van der Waals surface area contributed by atoms with Gasteiger partial charge in [-0.1, -0.05) is 48.9 Å². The van der Waals surface area contributed by atoms with Gasteiger partial charge < -0.3 is 0 Å². The smallest absolute Gasteiger partial charge is 0.264 e. The van der Waals surface area contributed by atoms with Crippen LogP contribution in [0.1, 0.15) is 40.7 Å². The number of benzene rings is 2. The fraction of sp³-hybridized carbons (Fsp3) is 0.250. The minimum atomic E-state index is -3.81. The second kappa shape index (κ2) is 8.30. The Kier molecular flexibility index (Phi) is 5.99. The number of aromatic nitrogens is 2. The van der Waals surface area contributed by atoms with Crippen molar-refractivity contribution in [2.24, 2.45) is 0 Å². The van der Waals surface area contributed by atoms with Crippen LogP contribution in [-0.4, -0.2) is 31.6 Å². The highest BCUT2D eigenvalue weighted by molar-refractivity contribution is 7.92. The first kappa shape index (κ1) is 20.9. The predicted molar refractivity (Wildman–Crippen MR) is 115 cm³/mol. The lowest BCUT2D eigenvalue weighted by atomic mass is 10.2. The van der Waals surface area contributed by atoms with E-state index in [2.05, 4.69) is 15.5 Å². The number of amides is 1. The maximum Gasteiger partial charge on any atom is 0.264 e. The number of nitrogens with one attached hydrogen (secondary N) is 1. The minimum Gasteiger partial charge on any atom is -0.296 e. The molecule has 0 spiro atoms. The van der Waals surface area contributed by atoms with Crippen LogP contribution in [0.4, 0.5) is 10.8 Å². The molecule has 0 aliphatic heterocycles. The highest BCUT2D eigenvalue weighted by Crippen LogP contribution is 2.25. The Hall–Kier alpha value is -2.78. The van der Waals surface area contributed by atoms with Crippen LogP contribution in [0.15, 0.2) is 53.4 Å². The third-order valence-corrected chi connectivity index (χ3v) is 7.23. The molecular weight excluding hydrogens is 408 g/mol. The molecule has 2 aromatic carbocycles. The number of aryl methyl sites for hydroxylation is 1.